The Morgan fingerprint density at radius 1 is 1.25 bits per heavy atom. The van der Waals surface area contributed by atoms with Gasteiger partial charge >= 0.3 is 0 Å². The Bertz CT molecular complexity index is 667. The standard InChI is InChI=1S/C13H18N4O2S/c1-10(20(3,18)19)13(14-2)12-9-15-16-17(12)11-7-5-4-6-8-11/h4-10,13-14H,1-3H3. The summed E-state index contributed by atoms with van der Waals surface area (Å²) in [6.45, 7) is 1.68. The molecule has 1 N–H and O–H groups in total. The van der Waals surface area contributed by atoms with E-state index >= 15 is 0 Å². The van der Waals surface area contributed by atoms with E-state index in [0.717, 1.165) is 11.4 Å². The van der Waals surface area contributed by atoms with Crippen molar-refractivity contribution < 1.29 is 8.42 Å². The highest BCUT2D eigenvalue weighted by Gasteiger charge is 2.29. The lowest BCUT2D eigenvalue weighted by Crippen LogP contribution is -2.34. The van der Waals surface area contributed by atoms with Crippen molar-refractivity contribution in [3.63, 3.8) is 0 Å². The topological polar surface area (TPSA) is 76.9 Å². The number of aromatic nitrogens is 3. The van der Waals surface area contributed by atoms with Crippen LogP contribution in [0.3, 0.4) is 0 Å². The summed E-state index contributed by atoms with van der Waals surface area (Å²) >= 11 is 0. The summed E-state index contributed by atoms with van der Waals surface area (Å²) in [7, 11) is -1.44. The minimum absolute atomic E-state index is 0.375. The highest BCUT2D eigenvalue weighted by Crippen LogP contribution is 2.22. The number of nitrogens with zero attached hydrogens (tertiary/aromatic N) is 3. The van der Waals surface area contributed by atoms with Crippen molar-refractivity contribution in [3.05, 3.63) is 42.2 Å². The number of benzene rings is 1. The Balaban J connectivity index is 2.45. The van der Waals surface area contributed by atoms with E-state index < -0.39 is 15.1 Å². The molecule has 0 radical (unpaired) electrons. The number of nitrogens with one attached hydrogen (secondary N) is 1. The fourth-order valence-corrected chi connectivity index (χ4v) is 2.87. The molecule has 1 aromatic heterocycles. The number of rotatable bonds is 5. The minimum atomic E-state index is -3.17. The van der Waals surface area contributed by atoms with E-state index in [1.54, 1.807) is 24.9 Å². The van der Waals surface area contributed by atoms with Gasteiger partial charge in [-0.1, -0.05) is 23.4 Å². The summed E-state index contributed by atoms with van der Waals surface area (Å²) < 4.78 is 25.2. The molecule has 1 heterocycles. The monoisotopic (exact) mass is 294 g/mol. The maximum Gasteiger partial charge on any atom is 0.151 e. The Morgan fingerprint density at radius 3 is 2.45 bits per heavy atom. The average molecular weight is 294 g/mol. The van der Waals surface area contributed by atoms with Crippen LogP contribution in [0.25, 0.3) is 5.69 Å². The second-order valence-corrected chi connectivity index (χ2v) is 7.11. The lowest BCUT2D eigenvalue weighted by Gasteiger charge is -2.22. The van der Waals surface area contributed by atoms with Crippen LogP contribution in [-0.2, 0) is 9.84 Å². The molecule has 0 aliphatic rings. The summed E-state index contributed by atoms with van der Waals surface area (Å²) in [4.78, 5) is 0. The Kier molecular flexibility index (Phi) is 4.20. The maximum atomic E-state index is 11.8. The van der Waals surface area contributed by atoms with Crippen molar-refractivity contribution in [2.45, 2.75) is 18.2 Å². The first kappa shape index (κ1) is 14.7. The summed E-state index contributed by atoms with van der Waals surface area (Å²) in [5.74, 6) is 0. The van der Waals surface area contributed by atoms with E-state index in [2.05, 4.69) is 15.6 Å². The van der Waals surface area contributed by atoms with Gasteiger partial charge in [-0.2, -0.15) is 0 Å². The smallest absolute Gasteiger partial charge is 0.151 e. The Morgan fingerprint density at radius 2 is 1.90 bits per heavy atom. The molecule has 0 spiro atoms. The van der Waals surface area contributed by atoms with Gasteiger partial charge in [-0.15, -0.1) is 5.10 Å². The third-order valence-electron chi connectivity index (χ3n) is 3.35. The number of hydrogen-bond acceptors (Lipinski definition) is 5. The van der Waals surface area contributed by atoms with Crippen LogP contribution in [0.2, 0.25) is 0 Å². The predicted octanol–water partition coefficient (Wildman–Crippen LogP) is 0.961. The zero-order chi connectivity index (χ0) is 14.8. The van der Waals surface area contributed by atoms with E-state index in [1.807, 2.05) is 30.3 Å². The van der Waals surface area contributed by atoms with Crippen LogP contribution < -0.4 is 5.32 Å². The quantitative estimate of drug-likeness (QED) is 0.889. The van der Waals surface area contributed by atoms with E-state index in [-0.39, 0.29) is 6.04 Å². The molecule has 0 saturated carbocycles. The zero-order valence-electron chi connectivity index (χ0n) is 11.7. The summed E-state index contributed by atoms with van der Waals surface area (Å²) in [6, 6.07) is 9.13. The molecule has 0 aliphatic carbocycles. The van der Waals surface area contributed by atoms with Gasteiger partial charge in [-0.25, -0.2) is 13.1 Å². The predicted molar refractivity (Wildman–Crippen MR) is 77.5 cm³/mol. The largest absolute Gasteiger partial charge is 0.311 e. The normalized spacial score (nSPS) is 14.9. The SMILES string of the molecule is CNC(c1cnnn1-c1ccccc1)C(C)S(C)(=O)=O. The molecule has 0 aliphatic heterocycles. The van der Waals surface area contributed by atoms with Crippen LogP contribution in [0.15, 0.2) is 36.5 Å². The fourth-order valence-electron chi connectivity index (χ4n) is 2.10. The fraction of sp³-hybridized carbons (Fsp3) is 0.385. The molecule has 0 amide bonds. The van der Waals surface area contributed by atoms with Crippen molar-refractivity contribution >= 4 is 9.84 Å². The van der Waals surface area contributed by atoms with E-state index in [1.165, 1.54) is 6.26 Å². The molecule has 0 fully saturated rings. The third kappa shape index (κ3) is 2.88. The van der Waals surface area contributed by atoms with Crippen LogP contribution >= 0.6 is 0 Å². The van der Waals surface area contributed by atoms with Crippen LogP contribution in [0.4, 0.5) is 0 Å². The molecular weight excluding hydrogens is 276 g/mol. The minimum Gasteiger partial charge on any atom is -0.311 e. The Hall–Kier alpha value is -1.73. The maximum absolute atomic E-state index is 11.8. The van der Waals surface area contributed by atoms with Gasteiger partial charge in [0.25, 0.3) is 0 Å². The molecular formula is C13H18N4O2S. The van der Waals surface area contributed by atoms with Gasteiger partial charge in [-0.3, -0.25) is 0 Å². The lowest BCUT2D eigenvalue weighted by atomic mass is 10.1. The molecule has 1 aromatic carbocycles. The first-order chi connectivity index (χ1) is 9.45. The number of para-hydroxylation sites is 1. The zero-order valence-corrected chi connectivity index (χ0v) is 12.5. The van der Waals surface area contributed by atoms with Gasteiger partial charge in [0.15, 0.2) is 9.84 Å². The molecule has 0 saturated heterocycles. The molecule has 2 aromatic rings. The highest BCUT2D eigenvalue weighted by molar-refractivity contribution is 7.91. The average Bonchev–Trinajstić information content (AvgIpc) is 2.89. The van der Waals surface area contributed by atoms with Crippen LogP contribution in [0.5, 0.6) is 0 Å². The highest BCUT2D eigenvalue weighted by atomic mass is 32.2. The van der Waals surface area contributed by atoms with Gasteiger partial charge in [0, 0.05) is 6.26 Å². The first-order valence-electron chi connectivity index (χ1n) is 6.27. The second kappa shape index (κ2) is 5.72. The van der Waals surface area contributed by atoms with Crippen molar-refractivity contribution in [2.75, 3.05) is 13.3 Å². The van der Waals surface area contributed by atoms with Crippen LogP contribution in [-0.4, -0.2) is 42.0 Å². The van der Waals surface area contributed by atoms with E-state index in [4.69, 9.17) is 0 Å². The molecule has 20 heavy (non-hydrogen) atoms. The van der Waals surface area contributed by atoms with Crippen molar-refractivity contribution in [3.8, 4) is 5.69 Å². The third-order valence-corrected chi connectivity index (χ3v) is 4.97. The van der Waals surface area contributed by atoms with Gasteiger partial charge in [0.2, 0.25) is 0 Å². The Labute approximate surface area is 118 Å². The van der Waals surface area contributed by atoms with Crippen molar-refractivity contribution in [1.29, 1.82) is 0 Å². The van der Waals surface area contributed by atoms with Gasteiger partial charge in [-0.05, 0) is 26.1 Å². The summed E-state index contributed by atoms with van der Waals surface area (Å²) in [5, 5.41) is 10.4. The summed E-state index contributed by atoms with van der Waals surface area (Å²) in [5.41, 5.74) is 1.57. The van der Waals surface area contributed by atoms with Gasteiger partial charge < -0.3 is 5.32 Å². The number of sulfone groups is 1. The number of hydrogen-bond donors (Lipinski definition) is 1. The summed E-state index contributed by atoms with van der Waals surface area (Å²) in [6.07, 6.45) is 2.83. The van der Waals surface area contributed by atoms with Crippen LogP contribution in [0, 0.1) is 0 Å². The molecule has 2 unspecified atom stereocenters. The lowest BCUT2D eigenvalue weighted by molar-refractivity contribution is 0.516. The molecule has 7 heteroatoms. The molecule has 6 nitrogen and oxygen atoms in total. The second-order valence-electron chi connectivity index (χ2n) is 4.71. The first-order valence-corrected chi connectivity index (χ1v) is 8.22. The molecule has 2 atom stereocenters. The van der Waals surface area contributed by atoms with Crippen molar-refractivity contribution in [2.24, 2.45) is 0 Å². The van der Waals surface area contributed by atoms with Crippen molar-refractivity contribution in [1.82, 2.24) is 20.3 Å². The van der Waals surface area contributed by atoms with Gasteiger partial charge in [0.05, 0.1) is 28.9 Å². The molecule has 0 bridgehead atoms. The van der Waals surface area contributed by atoms with Gasteiger partial charge in [0.1, 0.15) is 0 Å². The van der Waals surface area contributed by atoms with Crippen LogP contribution in [0.1, 0.15) is 18.7 Å². The molecule has 2 rings (SSSR count). The van der Waals surface area contributed by atoms with E-state index in [9.17, 15) is 8.42 Å². The molecule has 108 valence electrons. The van der Waals surface area contributed by atoms with E-state index in [0.29, 0.717) is 0 Å².